The van der Waals surface area contributed by atoms with Crippen LogP contribution in [-0.2, 0) is 5.67 Å². The highest BCUT2D eigenvalue weighted by molar-refractivity contribution is 9.11. The zero-order valence-electron chi connectivity index (χ0n) is 19.5. The van der Waals surface area contributed by atoms with Gasteiger partial charge in [0.2, 0.25) is 0 Å². The van der Waals surface area contributed by atoms with Gasteiger partial charge in [0, 0.05) is 20.1 Å². The van der Waals surface area contributed by atoms with Crippen LogP contribution in [0, 0.1) is 17.1 Å². The molecule has 0 heterocycles. The SMILES string of the molecule is N#CCN(C(=O)c1ccccc1)c1cccc(C(=O)Nc2c(Br)cc(C(F)(C(F)(F)F)C(F)(F)F)cc2Br)c1F. The van der Waals surface area contributed by atoms with Crippen LogP contribution in [0.25, 0.3) is 0 Å². The number of alkyl halides is 7. The van der Waals surface area contributed by atoms with Gasteiger partial charge in [0.15, 0.2) is 5.82 Å². The van der Waals surface area contributed by atoms with Gasteiger partial charge in [0.1, 0.15) is 6.54 Å². The summed E-state index contributed by atoms with van der Waals surface area (Å²) in [6.45, 7) is -0.600. The lowest BCUT2D eigenvalue weighted by Crippen LogP contribution is -2.50. The topological polar surface area (TPSA) is 73.2 Å². The number of amides is 2. The highest BCUT2D eigenvalue weighted by Gasteiger charge is 2.73. The average Bonchev–Trinajstić information content (AvgIpc) is 2.87. The van der Waals surface area contributed by atoms with E-state index in [0.29, 0.717) is 0 Å². The first kappa shape index (κ1) is 31.0. The van der Waals surface area contributed by atoms with E-state index in [1.54, 1.807) is 12.1 Å². The number of carbonyl (C=O) groups is 2. The highest BCUT2D eigenvalue weighted by Crippen LogP contribution is 2.54. The zero-order chi connectivity index (χ0) is 30.0. The third kappa shape index (κ3) is 5.83. The van der Waals surface area contributed by atoms with Gasteiger partial charge in [-0.05, 0) is 68.3 Å². The normalized spacial score (nSPS) is 12.0. The summed E-state index contributed by atoms with van der Waals surface area (Å²) in [5.41, 5.74) is -9.03. The average molecular weight is 699 g/mol. The van der Waals surface area contributed by atoms with Crippen LogP contribution < -0.4 is 10.2 Å². The summed E-state index contributed by atoms with van der Waals surface area (Å²) in [6.07, 6.45) is -12.7. The fourth-order valence-electron chi connectivity index (χ4n) is 3.54. The summed E-state index contributed by atoms with van der Waals surface area (Å²) in [6, 6.07) is 12.9. The van der Waals surface area contributed by atoms with E-state index in [2.05, 4.69) is 37.2 Å². The Morgan fingerprint density at radius 1 is 0.875 bits per heavy atom. The lowest BCUT2D eigenvalue weighted by atomic mass is 9.94. The number of halogens is 10. The molecule has 0 aliphatic heterocycles. The molecule has 5 nitrogen and oxygen atoms in total. The van der Waals surface area contributed by atoms with Crippen LogP contribution in [0.15, 0.2) is 69.6 Å². The van der Waals surface area contributed by atoms with Gasteiger partial charge in [0.05, 0.1) is 23.0 Å². The minimum absolute atomic E-state index is 0.113. The number of nitrogens with zero attached hydrogens (tertiary/aromatic N) is 2. The molecule has 3 rings (SSSR count). The molecule has 0 aliphatic rings. The van der Waals surface area contributed by atoms with Gasteiger partial charge in [-0.3, -0.25) is 14.5 Å². The van der Waals surface area contributed by atoms with E-state index in [-0.39, 0.29) is 17.7 Å². The molecular formula is C25H13Br2F8N3O2. The number of hydrogen-bond acceptors (Lipinski definition) is 3. The van der Waals surface area contributed by atoms with E-state index >= 15 is 4.39 Å². The molecule has 3 aromatic rings. The molecule has 15 heteroatoms. The van der Waals surface area contributed by atoms with Gasteiger partial charge >= 0.3 is 18.0 Å². The molecule has 0 unspecified atom stereocenters. The highest BCUT2D eigenvalue weighted by atomic mass is 79.9. The maximum absolute atomic E-state index is 15.5. The van der Waals surface area contributed by atoms with Crippen molar-refractivity contribution in [2.24, 2.45) is 0 Å². The molecule has 0 aromatic heterocycles. The van der Waals surface area contributed by atoms with E-state index < -0.39 is 73.6 Å². The smallest absolute Gasteiger partial charge is 0.320 e. The lowest BCUT2D eigenvalue weighted by Gasteiger charge is -2.31. The second kappa shape index (κ2) is 11.5. The van der Waals surface area contributed by atoms with Crippen molar-refractivity contribution in [3.05, 3.63) is 92.1 Å². The van der Waals surface area contributed by atoms with E-state index in [1.165, 1.54) is 30.3 Å². The zero-order valence-corrected chi connectivity index (χ0v) is 22.6. The van der Waals surface area contributed by atoms with Crippen LogP contribution in [0.1, 0.15) is 26.3 Å². The standard InChI is InChI=1S/C25H13Br2F8N3O2/c26-16-11-14(23(29,24(30,31)32)25(33,34)35)12-17(27)20(16)37-21(39)15-7-4-8-18(19(15)28)38(10-9-36)22(40)13-5-2-1-3-6-13/h1-8,11-12H,10H2,(H,37,39). The maximum atomic E-state index is 15.5. The van der Waals surface area contributed by atoms with Gasteiger partial charge in [-0.15, -0.1) is 0 Å². The predicted octanol–water partition coefficient (Wildman–Crippen LogP) is 8.06. The molecule has 0 saturated heterocycles. The van der Waals surface area contributed by atoms with Gasteiger partial charge in [-0.1, -0.05) is 24.3 Å². The third-order valence-electron chi connectivity index (χ3n) is 5.47. The minimum atomic E-state index is -6.37. The minimum Gasteiger partial charge on any atom is -0.320 e. The van der Waals surface area contributed by atoms with Crippen LogP contribution in [0.4, 0.5) is 46.5 Å². The van der Waals surface area contributed by atoms with E-state index in [0.717, 1.165) is 17.0 Å². The molecule has 0 fully saturated rings. The monoisotopic (exact) mass is 697 g/mol. The van der Waals surface area contributed by atoms with Crippen molar-refractivity contribution >= 4 is 55.0 Å². The summed E-state index contributed by atoms with van der Waals surface area (Å²) in [4.78, 5) is 26.6. The molecule has 40 heavy (non-hydrogen) atoms. The fourth-order valence-corrected chi connectivity index (χ4v) is 4.92. The molecule has 0 spiro atoms. The molecule has 0 aliphatic carbocycles. The van der Waals surface area contributed by atoms with Crippen molar-refractivity contribution in [3.8, 4) is 6.07 Å². The Bertz CT molecular complexity index is 1450. The summed E-state index contributed by atoms with van der Waals surface area (Å²) in [5, 5.41) is 11.3. The Morgan fingerprint density at radius 2 is 1.43 bits per heavy atom. The predicted molar refractivity (Wildman–Crippen MR) is 135 cm³/mol. The van der Waals surface area contributed by atoms with E-state index in [9.17, 15) is 45.6 Å². The number of rotatable bonds is 6. The van der Waals surface area contributed by atoms with Gasteiger partial charge in [-0.2, -0.15) is 31.6 Å². The number of benzene rings is 3. The molecule has 0 bridgehead atoms. The molecule has 3 aromatic carbocycles. The van der Waals surface area contributed by atoms with Crippen molar-refractivity contribution in [1.82, 2.24) is 0 Å². The van der Waals surface area contributed by atoms with Crippen LogP contribution >= 0.6 is 31.9 Å². The number of hydrogen-bond donors (Lipinski definition) is 1. The Labute approximate surface area is 237 Å². The van der Waals surface area contributed by atoms with Crippen LogP contribution in [0.2, 0.25) is 0 Å². The largest absolute Gasteiger partial charge is 0.435 e. The lowest BCUT2D eigenvalue weighted by molar-refractivity contribution is -0.348. The summed E-state index contributed by atoms with van der Waals surface area (Å²) in [7, 11) is 0. The molecule has 0 saturated carbocycles. The second-order valence-corrected chi connectivity index (χ2v) is 9.69. The van der Waals surface area contributed by atoms with Crippen LogP contribution in [-0.4, -0.2) is 30.7 Å². The van der Waals surface area contributed by atoms with Gasteiger partial charge < -0.3 is 5.32 Å². The van der Waals surface area contributed by atoms with E-state index in [1.807, 2.05) is 0 Å². The number of carbonyl (C=O) groups excluding carboxylic acids is 2. The first-order chi connectivity index (χ1) is 18.5. The molecule has 0 radical (unpaired) electrons. The summed E-state index contributed by atoms with van der Waals surface area (Å²) < 4.78 is 108. The Morgan fingerprint density at radius 3 is 1.93 bits per heavy atom. The molecule has 0 atom stereocenters. The molecular weight excluding hydrogens is 686 g/mol. The number of anilines is 2. The van der Waals surface area contributed by atoms with Crippen LogP contribution in [0.5, 0.6) is 0 Å². The molecule has 2 amide bonds. The summed E-state index contributed by atoms with van der Waals surface area (Å²) in [5.74, 6) is -3.24. The van der Waals surface area contributed by atoms with Crippen molar-refractivity contribution < 1.29 is 44.7 Å². The Kier molecular flexibility index (Phi) is 8.95. The van der Waals surface area contributed by atoms with Crippen LogP contribution in [0.3, 0.4) is 0 Å². The Balaban J connectivity index is 2.00. The molecule has 210 valence electrons. The summed E-state index contributed by atoms with van der Waals surface area (Å²) >= 11 is 5.44. The fraction of sp³-hybridized carbons (Fsp3) is 0.160. The van der Waals surface area contributed by atoms with Crippen molar-refractivity contribution in [1.29, 1.82) is 5.26 Å². The number of nitriles is 1. The van der Waals surface area contributed by atoms with Crippen molar-refractivity contribution in [2.45, 2.75) is 18.0 Å². The quantitative estimate of drug-likeness (QED) is 0.209. The van der Waals surface area contributed by atoms with Gasteiger partial charge in [-0.25, -0.2) is 8.78 Å². The number of nitrogens with one attached hydrogen (secondary N) is 1. The maximum Gasteiger partial charge on any atom is 0.435 e. The third-order valence-corrected chi connectivity index (χ3v) is 6.72. The first-order valence-corrected chi connectivity index (χ1v) is 12.3. The van der Waals surface area contributed by atoms with Gasteiger partial charge in [0.25, 0.3) is 11.8 Å². The molecule has 1 N–H and O–H groups in total. The first-order valence-electron chi connectivity index (χ1n) is 10.7. The second-order valence-electron chi connectivity index (χ2n) is 7.98. The Hall–Kier alpha value is -3.51. The van der Waals surface area contributed by atoms with Crippen molar-refractivity contribution in [2.75, 3.05) is 16.8 Å². The van der Waals surface area contributed by atoms with E-state index in [4.69, 9.17) is 0 Å². The van der Waals surface area contributed by atoms with Crippen molar-refractivity contribution in [3.63, 3.8) is 0 Å².